The lowest BCUT2D eigenvalue weighted by atomic mass is 10.1. The molecule has 1 saturated heterocycles. The summed E-state index contributed by atoms with van der Waals surface area (Å²) in [6.07, 6.45) is 1.12. The van der Waals surface area contributed by atoms with Gasteiger partial charge in [-0.25, -0.2) is 0 Å². The lowest BCUT2D eigenvalue weighted by Gasteiger charge is -2.34. The van der Waals surface area contributed by atoms with Gasteiger partial charge in [0.05, 0.1) is 43.6 Å². The zero-order valence-electron chi connectivity index (χ0n) is 12.0. The fourth-order valence-electron chi connectivity index (χ4n) is 2.74. The maximum absolute atomic E-state index is 11.2. The first-order valence-electron chi connectivity index (χ1n) is 7.11. The van der Waals surface area contributed by atoms with Crippen molar-refractivity contribution in [2.24, 2.45) is 0 Å². The number of nitrogens with one attached hydrogen (secondary N) is 1. The third-order valence-electron chi connectivity index (χ3n) is 3.83. The van der Waals surface area contributed by atoms with Crippen LogP contribution in [0, 0.1) is 10.1 Å². The number of anilines is 1. The smallest absolute Gasteiger partial charge is 0.270 e. The molecule has 1 aliphatic rings. The lowest BCUT2D eigenvalue weighted by Crippen LogP contribution is -3.14. The van der Waals surface area contributed by atoms with E-state index in [9.17, 15) is 20.0 Å². The van der Waals surface area contributed by atoms with Crippen molar-refractivity contribution in [2.45, 2.75) is 13.3 Å². The second kappa shape index (κ2) is 6.53. The number of aromatic carboxylic acids is 1. The first kappa shape index (κ1) is 15.2. The van der Waals surface area contributed by atoms with Crippen molar-refractivity contribution in [3.63, 3.8) is 0 Å². The highest BCUT2D eigenvalue weighted by atomic mass is 16.6. The van der Waals surface area contributed by atoms with Crippen molar-refractivity contribution in [2.75, 3.05) is 37.6 Å². The molecule has 0 spiro atoms. The predicted octanol–water partition coefficient (Wildman–Crippen LogP) is -0.927. The van der Waals surface area contributed by atoms with Crippen LogP contribution in [0.2, 0.25) is 0 Å². The van der Waals surface area contributed by atoms with E-state index in [1.165, 1.54) is 17.0 Å². The Balaban J connectivity index is 2.20. The van der Waals surface area contributed by atoms with Gasteiger partial charge < -0.3 is 19.7 Å². The minimum atomic E-state index is -1.38. The molecular weight excluding hydrogens is 274 g/mol. The number of nitro benzene ring substituents is 1. The Labute approximate surface area is 122 Å². The van der Waals surface area contributed by atoms with E-state index in [0.717, 1.165) is 45.2 Å². The highest BCUT2D eigenvalue weighted by molar-refractivity contribution is 5.94. The van der Waals surface area contributed by atoms with Gasteiger partial charge in [-0.2, -0.15) is 0 Å². The molecular formula is C14H19N3O4. The SMILES string of the molecule is CCC[NH+]1CCN(c2ccc([N+](=O)[O-])cc2C(=O)[O-])CC1. The molecule has 0 aromatic heterocycles. The quantitative estimate of drug-likeness (QED) is 0.559. The van der Waals surface area contributed by atoms with E-state index in [4.69, 9.17) is 0 Å². The summed E-state index contributed by atoms with van der Waals surface area (Å²) in [6, 6.07) is 3.93. The third-order valence-corrected chi connectivity index (χ3v) is 3.83. The van der Waals surface area contributed by atoms with Crippen LogP contribution in [0.4, 0.5) is 11.4 Å². The van der Waals surface area contributed by atoms with E-state index in [0.29, 0.717) is 5.69 Å². The summed E-state index contributed by atoms with van der Waals surface area (Å²) in [5.74, 6) is -1.38. The van der Waals surface area contributed by atoms with Crippen LogP contribution in [-0.4, -0.2) is 43.6 Å². The summed E-state index contributed by atoms with van der Waals surface area (Å²) >= 11 is 0. The number of piperazine rings is 1. The molecule has 0 bridgehead atoms. The number of rotatable bonds is 5. The fraction of sp³-hybridized carbons (Fsp3) is 0.500. The van der Waals surface area contributed by atoms with Crippen molar-refractivity contribution in [3.8, 4) is 0 Å². The van der Waals surface area contributed by atoms with Gasteiger partial charge in [0.1, 0.15) is 0 Å². The number of hydrogen-bond acceptors (Lipinski definition) is 5. The molecule has 0 atom stereocenters. The molecule has 114 valence electrons. The molecule has 0 saturated carbocycles. The van der Waals surface area contributed by atoms with Gasteiger partial charge in [0.25, 0.3) is 5.69 Å². The summed E-state index contributed by atoms with van der Waals surface area (Å²) in [5.41, 5.74) is 0.174. The van der Waals surface area contributed by atoms with Crippen LogP contribution in [-0.2, 0) is 0 Å². The number of carboxylic acids is 1. The number of nitro groups is 1. The molecule has 1 fully saturated rings. The molecule has 21 heavy (non-hydrogen) atoms. The van der Waals surface area contributed by atoms with E-state index in [2.05, 4.69) is 6.92 Å². The monoisotopic (exact) mass is 293 g/mol. The summed E-state index contributed by atoms with van der Waals surface area (Å²) in [6.45, 7) is 6.63. The molecule has 7 nitrogen and oxygen atoms in total. The van der Waals surface area contributed by atoms with Gasteiger partial charge >= 0.3 is 0 Å². The molecule has 0 radical (unpaired) electrons. The van der Waals surface area contributed by atoms with Crippen LogP contribution in [0.25, 0.3) is 0 Å². The van der Waals surface area contributed by atoms with Crippen LogP contribution in [0.15, 0.2) is 18.2 Å². The van der Waals surface area contributed by atoms with Crippen molar-refractivity contribution in [1.29, 1.82) is 0 Å². The van der Waals surface area contributed by atoms with Gasteiger partial charge in [-0.3, -0.25) is 10.1 Å². The van der Waals surface area contributed by atoms with Crippen LogP contribution in [0.5, 0.6) is 0 Å². The maximum atomic E-state index is 11.2. The van der Waals surface area contributed by atoms with Crippen molar-refractivity contribution in [3.05, 3.63) is 33.9 Å². The summed E-state index contributed by atoms with van der Waals surface area (Å²) in [4.78, 5) is 24.9. The Bertz CT molecular complexity index is 539. The van der Waals surface area contributed by atoms with E-state index >= 15 is 0 Å². The van der Waals surface area contributed by atoms with Gasteiger partial charge in [-0.15, -0.1) is 0 Å². The Morgan fingerprint density at radius 3 is 2.57 bits per heavy atom. The third kappa shape index (κ3) is 3.49. The summed E-state index contributed by atoms with van der Waals surface area (Å²) in [7, 11) is 0. The average Bonchev–Trinajstić information content (AvgIpc) is 2.47. The minimum Gasteiger partial charge on any atom is -0.545 e. The van der Waals surface area contributed by atoms with E-state index in [1.807, 2.05) is 4.90 Å². The Hall–Kier alpha value is -2.15. The van der Waals surface area contributed by atoms with E-state index in [1.54, 1.807) is 0 Å². The Kier molecular flexibility index (Phi) is 4.74. The fourth-order valence-corrected chi connectivity index (χ4v) is 2.74. The number of carbonyl (C=O) groups excluding carboxylic acids is 1. The average molecular weight is 293 g/mol. The predicted molar refractivity (Wildman–Crippen MR) is 75.5 cm³/mol. The highest BCUT2D eigenvalue weighted by Gasteiger charge is 2.22. The molecule has 0 aliphatic carbocycles. The number of quaternary nitrogens is 1. The second-order valence-corrected chi connectivity index (χ2v) is 5.23. The lowest BCUT2D eigenvalue weighted by molar-refractivity contribution is -0.900. The molecule has 2 rings (SSSR count). The van der Waals surface area contributed by atoms with Gasteiger partial charge in [-0.05, 0) is 12.5 Å². The minimum absolute atomic E-state index is 0.108. The number of non-ortho nitro benzene ring substituents is 1. The highest BCUT2D eigenvalue weighted by Crippen LogP contribution is 2.25. The van der Waals surface area contributed by atoms with Crippen molar-refractivity contribution < 1.29 is 19.7 Å². The largest absolute Gasteiger partial charge is 0.545 e. The first-order valence-corrected chi connectivity index (χ1v) is 7.11. The molecule has 0 unspecified atom stereocenters. The number of benzene rings is 1. The number of nitrogens with zero attached hydrogens (tertiary/aromatic N) is 2. The number of hydrogen-bond donors (Lipinski definition) is 1. The van der Waals surface area contributed by atoms with Crippen molar-refractivity contribution >= 4 is 17.3 Å². The normalized spacial score (nSPS) is 16.0. The molecule has 1 aliphatic heterocycles. The van der Waals surface area contributed by atoms with E-state index < -0.39 is 10.9 Å². The molecule has 1 heterocycles. The molecule has 7 heteroatoms. The van der Waals surface area contributed by atoms with Crippen LogP contribution >= 0.6 is 0 Å². The van der Waals surface area contributed by atoms with Gasteiger partial charge in [0.2, 0.25) is 0 Å². The maximum Gasteiger partial charge on any atom is 0.270 e. The molecule has 0 amide bonds. The Morgan fingerprint density at radius 1 is 1.38 bits per heavy atom. The van der Waals surface area contributed by atoms with Gasteiger partial charge in [-0.1, -0.05) is 6.92 Å². The van der Waals surface area contributed by atoms with Crippen molar-refractivity contribution in [1.82, 2.24) is 0 Å². The molecule has 1 N–H and O–H groups in total. The zero-order valence-corrected chi connectivity index (χ0v) is 12.0. The van der Waals surface area contributed by atoms with E-state index in [-0.39, 0.29) is 11.3 Å². The molecule has 1 aromatic carbocycles. The summed E-state index contributed by atoms with van der Waals surface area (Å²) < 4.78 is 0. The second-order valence-electron chi connectivity index (χ2n) is 5.23. The van der Waals surface area contributed by atoms with Crippen LogP contribution < -0.4 is 14.9 Å². The number of carboxylic acid groups (broad SMARTS) is 1. The van der Waals surface area contributed by atoms with Crippen LogP contribution in [0.1, 0.15) is 23.7 Å². The molecule has 1 aromatic rings. The Morgan fingerprint density at radius 2 is 2.05 bits per heavy atom. The zero-order chi connectivity index (χ0) is 15.4. The first-order chi connectivity index (χ1) is 10.0. The van der Waals surface area contributed by atoms with Gasteiger partial charge in [0.15, 0.2) is 0 Å². The summed E-state index contributed by atoms with van der Waals surface area (Å²) in [5, 5.41) is 22.0. The van der Waals surface area contributed by atoms with Crippen LogP contribution in [0.3, 0.4) is 0 Å². The van der Waals surface area contributed by atoms with Gasteiger partial charge in [0, 0.05) is 23.4 Å². The number of carbonyl (C=O) groups is 1. The topological polar surface area (TPSA) is 91.0 Å². The standard InChI is InChI=1S/C14H19N3O4/c1-2-5-15-6-8-16(9-7-15)13-4-3-11(17(20)21)10-12(13)14(18)19/h3-4,10H,2,5-9H2,1H3,(H,18,19).